The van der Waals surface area contributed by atoms with Crippen LogP contribution in [-0.2, 0) is 4.79 Å². The first kappa shape index (κ1) is 16.4. The van der Waals surface area contributed by atoms with Crippen LogP contribution >= 0.6 is 11.3 Å². The first-order valence-electron chi connectivity index (χ1n) is 7.96. The van der Waals surface area contributed by atoms with Gasteiger partial charge in [-0.05, 0) is 49.4 Å². The monoisotopic (exact) mass is 344 g/mol. The number of aryl methyl sites for hydroxylation is 1. The van der Waals surface area contributed by atoms with Crippen molar-refractivity contribution in [3.8, 4) is 0 Å². The molecule has 2 aromatic rings. The van der Waals surface area contributed by atoms with Crippen LogP contribution in [0.15, 0.2) is 35.7 Å². The van der Waals surface area contributed by atoms with Gasteiger partial charge < -0.3 is 10.2 Å². The number of pyridine rings is 1. The Morgan fingerprint density at radius 2 is 1.96 bits per heavy atom. The van der Waals surface area contributed by atoms with Crippen molar-refractivity contribution in [2.45, 2.75) is 19.8 Å². The molecule has 0 radical (unpaired) electrons. The van der Waals surface area contributed by atoms with Crippen LogP contribution in [0.5, 0.6) is 0 Å². The number of aromatic nitrogens is 1. The molecule has 2 N–H and O–H groups in total. The van der Waals surface area contributed by atoms with Crippen LogP contribution in [0, 0.1) is 12.8 Å². The summed E-state index contributed by atoms with van der Waals surface area (Å²) in [6.45, 7) is 3.05. The molecule has 3 heterocycles. The van der Waals surface area contributed by atoms with E-state index in [9.17, 15) is 9.59 Å². The van der Waals surface area contributed by atoms with Crippen LogP contribution in [0.1, 0.15) is 18.5 Å². The maximum absolute atomic E-state index is 12.3. The van der Waals surface area contributed by atoms with Gasteiger partial charge in [-0.2, -0.15) is 0 Å². The molecule has 0 unspecified atom stereocenters. The van der Waals surface area contributed by atoms with Gasteiger partial charge in [0.15, 0.2) is 0 Å². The second-order valence-electron chi connectivity index (χ2n) is 5.82. The number of rotatable bonds is 3. The number of carbonyl (C=O) groups is 2. The lowest BCUT2D eigenvalue weighted by Crippen LogP contribution is -2.43. The number of anilines is 2. The van der Waals surface area contributed by atoms with E-state index in [0.717, 1.165) is 10.7 Å². The Balaban J connectivity index is 1.49. The van der Waals surface area contributed by atoms with Crippen molar-refractivity contribution in [3.05, 3.63) is 41.4 Å². The van der Waals surface area contributed by atoms with E-state index in [2.05, 4.69) is 15.6 Å². The lowest BCUT2D eigenvalue weighted by atomic mass is 9.96. The van der Waals surface area contributed by atoms with E-state index in [1.165, 1.54) is 11.3 Å². The van der Waals surface area contributed by atoms with Crippen LogP contribution in [-0.4, -0.2) is 34.9 Å². The third-order valence-electron chi connectivity index (χ3n) is 4.04. The normalized spacial score (nSPS) is 15.1. The molecule has 0 aliphatic carbocycles. The van der Waals surface area contributed by atoms with Gasteiger partial charge in [-0.3, -0.25) is 10.1 Å². The summed E-state index contributed by atoms with van der Waals surface area (Å²) >= 11 is 1.49. The molecule has 0 saturated carbocycles. The van der Waals surface area contributed by atoms with Gasteiger partial charge in [0.1, 0.15) is 5.82 Å². The van der Waals surface area contributed by atoms with Crippen molar-refractivity contribution in [1.29, 1.82) is 0 Å². The quantitative estimate of drug-likeness (QED) is 0.897. The van der Waals surface area contributed by atoms with Gasteiger partial charge >= 0.3 is 6.03 Å². The lowest BCUT2D eigenvalue weighted by Gasteiger charge is -2.31. The van der Waals surface area contributed by atoms with Crippen LogP contribution in [0.25, 0.3) is 0 Å². The van der Waals surface area contributed by atoms with Crippen LogP contribution in [0.3, 0.4) is 0 Å². The summed E-state index contributed by atoms with van der Waals surface area (Å²) in [5, 5.41) is 8.50. The van der Waals surface area contributed by atoms with Crippen molar-refractivity contribution in [2.75, 3.05) is 23.7 Å². The zero-order chi connectivity index (χ0) is 16.9. The van der Waals surface area contributed by atoms with Gasteiger partial charge in [0.05, 0.1) is 5.00 Å². The van der Waals surface area contributed by atoms with Gasteiger partial charge in [-0.25, -0.2) is 9.78 Å². The number of thiophene rings is 1. The zero-order valence-corrected chi connectivity index (χ0v) is 14.3. The van der Waals surface area contributed by atoms with Gasteiger partial charge in [0, 0.05) is 24.7 Å². The van der Waals surface area contributed by atoms with E-state index in [0.29, 0.717) is 31.7 Å². The number of nitrogens with one attached hydrogen (secondary N) is 2. The fraction of sp³-hybridized carbons (Fsp3) is 0.353. The smallest absolute Gasteiger partial charge is 0.322 e. The summed E-state index contributed by atoms with van der Waals surface area (Å²) in [7, 11) is 0. The maximum Gasteiger partial charge on any atom is 0.322 e. The molecule has 3 rings (SSSR count). The summed E-state index contributed by atoms with van der Waals surface area (Å²) < 4.78 is 0. The highest BCUT2D eigenvalue weighted by Crippen LogP contribution is 2.21. The molecule has 126 valence electrons. The Hall–Kier alpha value is -2.41. The predicted molar refractivity (Wildman–Crippen MR) is 95.2 cm³/mol. The summed E-state index contributed by atoms with van der Waals surface area (Å²) in [5.74, 6) is 0.474. The standard InChI is InChI=1S/C17H20N4O2S/c1-12-4-2-5-14(18-12)19-16(22)13-7-9-21(10-8-13)17(23)20-15-6-3-11-24-15/h2-6,11,13H,7-10H2,1H3,(H,20,23)(H,18,19,22). The van der Waals surface area contributed by atoms with E-state index in [-0.39, 0.29) is 17.9 Å². The largest absolute Gasteiger partial charge is 0.324 e. The van der Waals surface area contributed by atoms with Gasteiger partial charge in [0.2, 0.25) is 5.91 Å². The van der Waals surface area contributed by atoms with E-state index in [1.807, 2.05) is 36.6 Å². The third-order valence-corrected chi connectivity index (χ3v) is 4.83. The van der Waals surface area contributed by atoms with Crippen LogP contribution < -0.4 is 10.6 Å². The highest BCUT2D eigenvalue weighted by molar-refractivity contribution is 7.14. The Morgan fingerprint density at radius 3 is 2.62 bits per heavy atom. The fourth-order valence-corrected chi connectivity index (χ4v) is 3.33. The molecule has 3 amide bonds. The van der Waals surface area contributed by atoms with E-state index in [1.54, 1.807) is 11.0 Å². The van der Waals surface area contributed by atoms with Gasteiger partial charge in [0.25, 0.3) is 0 Å². The van der Waals surface area contributed by atoms with Crippen LogP contribution in [0.4, 0.5) is 15.6 Å². The lowest BCUT2D eigenvalue weighted by molar-refractivity contribution is -0.121. The van der Waals surface area contributed by atoms with Crippen molar-refractivity contribution < 1.29 is 9.59 Å². The number of nitrogens with zero attached hydrogens (tertiary/aromatic N) is 2. The second-order valence-corrected chi connectivity index (χ2v) is 6.77. The summed E-state index contributed by atoms with van der Waals surface area (Å²) in [5.41, 5.74) is 0.868. The highest BCUT2D eigenvalue weighted by Gasteiger charge is 2.27. The Kier molecular flexibility index (Phi) is 5.10. The first-order chi connectivity index (χ1) is 11.6. The molecule has 6 nitrogen and oxygen atoms in total. The molecular weight excluding hydrogens is 324 g/mol. The minimum absolute atomic E-state index is 0.0218. The fourth-order valence-electron chi connectivity index (χ4n) is 2.72. The number of carbonyl (C=O) groups excluding carboxylic acids is 2. The van der Waals surface area contributed by atoms with Crippen molar-refractivity contribution in [3.63, 3.8) is 0 Å². The van der Waals surface area contributed by atoms with Gasteiger partial charge in [-0.15, -0.1) is 11.3 Å². The molecule has 24 heavy (non-hydrogen) atoms. The van der Waals surface area contributed by atoms with E-state index >= 15 is 0 Å². The maximum atomic E-state index is 12.3. The third kappa shape index (κ3) is 4.11. The average Bonchev–Trinajstić information content (AvgIpc) is 3.08. The number of hydrogen-bond donors (Lipinski definition) is 2. The Labute approximate surface area is 144 Å². The summed E-state index contributed by atoms with van der Waals surface area (Å²) in [6.07, 6.45) is 1.32. The van der Waals surface area contributed by atoms with Crippen molar-refractivity contribution in [1.82, 2.24) is 9.88 Å². The van der Waals surface area contributed by atoms with Crippen molar-refractivity contribution in [2.24, 2.45) is 5.92 Å². The number of urea groups is 1. The van der Waals surface area contributed by atoms with Crippen molar-refractivity contribution >= 4 is 34.1 Å². The molecule has 1 aliphatic heterocycles. The molecule has 0 atom stereocenters. The molecule has 1 saturated heterocycles. The molecule has 2 aromatic heterocycles. The van der Waals surface area contributed by atoms with Gasteiger partial charge in [-0.1, -0.05) is 6.07 Å². The SMILES string of the molecule is Cc1cccc(NC(=O)C2CCN(C(=O)Nc3cccs3)CC2)n1. The highest BCUT2D eigenvalue weighted by atomic mass is 32.1. The summed E-state index contributed by atoms with van der Waals surface area (Å²) in [6, 6.07) is 9.22. The molecule has 1 fully saturated rings. The number of piperidine rings is 1. The molecule has 0 aromatic carbocycles. The number of amides is 3. The number of likely N-dealkylation sites (tertiary alicyclic amines) is 1. The molecule has 0 spiro atoms. The second kappa shape index (κ2) is 7.44. The average molecular weight is 344 g/mol. The zero-order valence-electron chi connectivity index (χ0n) is 13.5. The predicted octanol–water partition coefficient (Wildman–Crippen LogP) is 3.33. The van der Waals surface area contributed by atoms with E-state index in [4.69, 9.17) is 0 Å². The molecule has 0 bridgehead atoms. The summed E-state index contributed by atoms with van der Waals surface area (Å²) in [4.78, 5) is 30.6. The molecule has 7 heteroatoms. The first-order valence-corrected chi connectivity index (χ1v) is 8.84. The molecular formula is C17H20N4O2S. The minimum atomic E-state index is -0.100. The van der Waals surface area contributed by atoms with E-state index < -0.39 is 0 Å². The Morgan fingerprint density at radius 1 is 1.17 bits per heavy atom. The molecule has 1 aliphatic rings. The Bertz CT molecular complexity index is 709. The minimum Gasteiger partial charge on any atom is -0.324 e. The number of hydrogen-bond acceptors (Lipinski definition) is 4. The topological polar surface area (TPSA) is 74.3 Å². The van der Waals surface area contributed by atoms with Crippen LogP contribution in [0.2, 0.25) is 0 Å².